The molecule has 0 radical (unpaired) electrons. The maximum absolute atomic E-state index is 12.2. The van der Waals surface area contributed by atoms with E-state index in [2.05, 4.69) is 15.2 Å². The maximum atomic E-state index is 12.2. The fourth-order valence-corrected chi connectivity index (χ4v) is 2.54. The second-order valence-electron chi connectivity index (χ2n) is 6.02. The lowest BCUT2D eigenvalue weighted by atomic mass is 10.1. The number of para-hydroxylation sites is 1. The molecule has 128 valence electrons. The minimum absolute atomic E-state index is 0.0644. The van der Waals surface area contributed by atoms with Gasteiger partial charge in [0.25, 0.3) is 5.91 Å². The van der Waals surface area contributed by atoms with E-state index in [1.165, 1.54) is 0 Å². The van der Waals surface area contributed by atoms with Gasteiger partial charge >= 0.3 is 0 Å². The van der Waals surface area contributed by atoms with E-state index in [0.717, 1.165) is 16.5 Å². The van der Waals surface area contributed by atoms with E-state index in [4.69, 9.17) is 4.74 Å². The molecule has 2 aromatic carbocycles. The number of amides is 1. The van der Waals surface area contributed by atoms with Crippen molar-refractivity contribution in [3.05, 3.63) is 53.6 Å². The molecule has 6 heteroatoms. The van der Waals surface area contributed by atoms with Crippen molar-refractivity contribution in [3.8, 4) is 11.6 Å². The average Bonchev–Trinajstić information content (AvgIpc) is 2.90. The van der Waals surface area contributed by atoms with Crippen molar-refractivity contribution in [2.45, 2.75) is 26.9 Å². The fourth-order valence-electron chi connectivity index (χ4n) is 2.54. The minimum atomic E-state index is -0.488. The number of ether oxygens (including phenoxy) is 1. The number of aromatic hydroxyl groups is 1. The van der Waals surface area contributed by atoms with Crippen molar-refractivity contribution >= 4 is 22.5 Å². The van der Waals surface area contributed by atoms with Gasteiger partial charge < -0.3 is 14.8 Å². The number of rotatable bonds is 4. The highest BCUT2D eigenvalue weighted by Crippen LogP contribution is 2.36. The Morgan fingerprint density at radius 3 is 2.56 bits per heavy atom. The Labute approximate surface area is 145 Å². The predicted molar refractivity (Wildman–Crippen MR) is 95.8 cm³/mol. The number of benzene rings is 2. The van der Waals surface area contributed by atoms with E-state index in [9.17, 15) is 9.90 Å². The van der Waals surface area contributed by atoms with Crippen LogP contribution in [0.5, 0.6) is 11.6 Å². The van der Waals surface area contributed by atoms with Gasteiger partial charge in [0, 0.05) is 10.9 Å². The van der Waals surface area contributed by atoms with Crippen LogP contribution < -0.4 is 4.74 Å². The molecule has 0 aliphatic rings. The van der Waals surface area contributed by atoms with Crippen molar-refractivity contribution in [1.29, 1.82) is 0 Å². The number of aryl methyl sites for hydroxylation is 1. The van der Waals surface area contributed by atoms with Crippen molar-refractivity contribution in [3.63, 3.8) is 0 Å². The zero-order valence-electron chi connectivity index (χ0n) is 14.3. The lowest BCUT2D eigenvalue weighted by Gasteiger charge is -2.09. The third kappa shape index (κ3) is 3.52. The van der Waals surface area contributed by atoms with E-state index < -0.39 is 5.91 Å². The summed E-state index contributed by atoms with van der Waals surface area (Å²) in [5.74, 6) is 0.0901. The molecule has 0 atom stereocenters. The summed E-state index contributed by atoms with van der Waals surface area (Å²) in [6, 6.07) is 12.3. The highest BCUT2D eigenvalue weighted by atomic mass is 16.5. The van der Waals surface area contributed by atoms with Crippen LogP contribution in [0.15, 0.2) is 52.7 Å². The SMILES string of the molecule is Cc1cccc2c(N=NC(=O)c3ccc(OC(C)C)cc3)c(O)[nH]c12. The molecule has 25 heavy (non-hydrogen) atoms. The Hall–Kier alpha value is -3.15. The molecule has 0 saturated carbocycles. The molecule has 1 heterocycles. The summed E-state index contributed by atoms with van der Waals surface area (Å²) in [6.45, 7) is 5.79. The average molecular weight is 337 g/mol. The molecule has 0 aliphatic heterocycles. The molecule has 0 aliphatic carbocycles. The van der Waals surface area contributed by atoms with Gasteiger partial charge in [-0.25, -0.2) is 0 Å². The van der Waals surface area contributed by atoms with E-state index in [1.807, 2.05) is 39.0 Å². The fraction of sp³-hybridized carbons (Fsp3) is 0.211. The molecule has 0 unspecified atom stereocenters. The van der Waals surface area contributed by atoms with Crippen LogP contribution in [0, 0.1) is 6.92 Å². The molecule has 3 aromatic rings. The molecule has 0 fully saturated rings. The van der Waals surface area contributed by atoms with Crippen LogP contribution >= 0.6 is 0 Å². The van der Waals surface area contributed by atoms with Crippen LogP contribution in [-0.4, -0.2) is 22.1 Å². The molecule has 1 aromatic heterocycles. The molecule has 0 bridgehead atoms. The first kappa shape index (κ1) is 16.7. The number of carbonyl (C=O) groups is 1. The molecule has 2 N–H and O–H groups in total. The van der Waals surface area contributed by atoms with E-state index in [-0.39, 0.29) is 17.7 Å². The number of azo groups is 1. The molecular formula is C19H19N3O3. The van der Waals surface area contributed by atoms with E-state index in [0.29, 0.717) is 11.3 Å². The summed E-state index contributed by atoms with van der Waals surface area (Å²) >= 11 is 0. The van der Waals surface area contributed by atoms with Crippen LogP contribution in [0.25, 0.3) is 10.9 Å². The molecule has 1 amide bonds. The number of carbonyl (C=O) groups excluding carboxylic acids is 1. The Bertz CT molecular complexity index is 940. The standard InChI is InChI=1S/C19H19N3O3/c1-11(2)25-14-9-7-13(8-10-14)18(23)22-21-17-15-6-4-5-12(3)16(15)20-19(17)24/h4-11,20,24H,1-3H3. The smallest absolute Gasteiger partial charge is 0.295 e. The van der Waals surface area contributed by atoms with Gasteiger partial charge in [-0.3, -0.25) is 4.79 Å². The first-order valence-corrected chi connectivity index (χ1v) is 7.98. The largest absolute Gasteiger partial charge is 0.493 e. The maximum Gasteiger partial charge on any atom is 0.295 e. The van der Waals surface area contributed by atoms with Crippen LogP contribution in [-0.2, 0) is 0 Å². The number of aromatic nitrogens is 1. The summed E-state index contributed by atoms with van der Waals surface area (Å²) in [5.41, 5.74) is 2.40. The second kappa shape index (κ2) is 6.76. The lowest BCUT2D eigenvalue weighted by Crippen LogP contribution is -2.05. The second-order valence-corrected chi connectivity index (χ2v) is 6.02. The predicted octanol–water partition coefficient (Wildman–Crippen LogP) is 4.89. The zero-order chi connectivity index (χ0) is 18.0. The number of hydrogen-bond acceptors (Lipinski definition) is 4. The highest BCUT2D eigenvalue weighted by molar-refractivity contribution is 5.97. The molecular weight excluding hydrogens is 318 g/mol. The van der Waals surface area contributed by atoms with Gasteiger partial charge in [0.05, 0.1) is 11.6 Å². The Balaban J connectivity index is 1.83. The number of hydrogen-bond donors (Lipinski definition) is 2. The number of aromatic amines is 1. The van der Waals surface area contributed by atoms with Gasteiger partial charge in [0.2, 0.25) is 5.88 Å². The minimum Gasteiger partial charge on any atom is -0.493 e. The number of H-pyrrole nitrogens is 1. The van der Waals surface area contributed by atoms with Crippen LogP contribution in [0.1, 0.15) is 29.8 Å². The summed E-state index contributed by atoms with van der Waals surface area (Å²) in [6.07, 6.45) is 0.0644. The van der Waals surface area contributed by atoms with Crippen molar-refractivity contribution < 1.29 is 14.6 Å². The Morgan fingerprint density at radius 2 is 1.88 bits per heavy atom. The Kier molecular flexibility index (Phi) is 4.52. The number of fused-ring (bicyclic) bond motifs is 1. The summed E-state index contributed by atoms with van der Waals surface area (Å²) < 4.78 is 5.54. The van der Waals surface area contributed by atoms with Crippen LogP contribution in [0.2, 0.25) is 0 Å². The monoisotopic (exact) mass is 337 g/mol. The molecule has 6 nitrogen and oxygen atoms in total. The van der Waals surface area contributed by atoms with Crippen molar-refractivity contribution in [2.75, 3.05) is 0 Å². The van der Waals surface area contributed by atoms with E-state index in [1.54, 1.807) is 24.3 Å². The first-order valence-electron chi connectivity index (χ1n) is 7.98. The summed E-state index contributed by atoms with van der Waals surface area (Å²) in [7, 11) is 0. The summed E-state index contributed by atoms with van der Waals surface area (Å²) in [5, 5.41) is 18.4. The third-order valence-electron chi connectivity index (χ3n) is 3.71. The first-order chi connectivity index (χ1) is 12.0. The Morgan fingerprint density at radius 1 is 1.16 bits per heavy atom. The zero-order valence-corrected chi connectivity index (χ0v) is 14.3. The van der Waals surface area contributed by atoms with Crippen LogP contribution in [0.4, 0.5) is 5.69 Å². The van der Waals surface area contributed by atoms with Crippen molar-refractivity contribution in [1.82, 2.24) is 4.98 Å². The molecule has 0 spiro atoms. The van der Waals surface area contributed by atoms with Crippen molar-refractivity contribution in [2.24, 2.45) is 10.2 Å². The highest BCUT2D eigenvalue weighted by Gasteiger charge is 2.12. The van der Waals surface area contributed by atoms with Gasteiger partial charge in [-0.1, -0.05) is 18.2 Å². The van der Waals surface area contributed by atoms with Gasteiger partial charge in [0.15, 0.2) is 5.69 Å². The van der Waals surface area contributed by atoms with E-state index >= 15 is 0 Å². The van der Waals surface area contributed by atoms with Gasteiger partial charge in [0.1, 0.15) is 5.75 Å². The van der Waals surface area contributed by atoms with Gasteiger partial charge in [-0.05, 0) is 50.6 Å². The number of nitrogens with zero attached hydrogens (tertiary/aromatic N) is 2. The topological polar surface area (TPSA) is 87.0 Å². The quantitative estimate of drug-likeness (QED) is 0.664. The van der Waals surface area contributed by atoms with Gasteiger partial charge in [-0.2, -0.15) is 0 Å². The summed E-state index contributed by atoms with van der Waals surface area (Å²) in [4.78, 5) is 15.1. The third-order valence-corrected chi connectivity index (χ3v) is 3.71. The normalized spacial score (nSPS) is 11.5. The van der Waals surface area contributed by atoms with Crippen LogP contribution in [0.3, 0.4) is 0 Å². The molecule has 0 saturated heterocycles. The van der Waals surface area contributed by atoms with Gasteiger partial charge in [-0.15, -0.1) is 10.2 Å². The number of nitrogens with one attached hydrogen (secondary N) is 1. The molecule has 3 rings (SSSR count). The lowest BCUT2D eigenvalue weighted by molar-refractivity contribution is 0.0995.